The van der Waals surface area contributed by atoms with Crippen molar-refractivity contribution in [2.45, 2.75) is 66.5 Å². The lowest BCUT2D eigenvalue weighted by Crippen LogP contribution is -2.44. The van der Waals surface area contributed by atoms with Gasteiger partial charge < -0.3 is 0 Å². The fourth-order valence-corrected chi connectivity index (χ4v) is 2.77. The van der Waals surface area contributed by atoms with Crippen LogP contribution in [0.2, 0.25) is 0 Å². The minimum absolute atomic E-state index is 0.173. The Bertz CT molecular complexity index is 269. The van der Waals surface area contributed by atoms with Crippen LogP contribution in [0, 0.1) is 11.3 Å². The lowest BCUT2D eigenvalue weighted by molar-refractivity contribution is -0.130. The number of Topliss-reactive ketones (excluding diaryl/α,β-unsaturated/α-hetero) is 1. The summed E-state index contributed by atoms with van der Waals surface area (Å²) in [6.07, 6.45) is 1.02. The molecule has 2 heteroatoms. The predicted octanol–water partition coefficient (Wildman–Crippen LogP) is 3.11. The molecule has 0 aromatic heterocycles. The van der Waals surface area contributed by atoms with Gasteiger partial charge in [0.1, 0.15) is 5.78 Å². The van der Waals surface area contributed by atoms with E-state index in [1.807, 2.05) is 20.8 Å². The summed E-state index contributed by atoms with van der Waals surface area (Å²) in [4.78, 5) is 14.7. The maximum absolute atomic E-state index is 12.3. The molecule has 1 saturated heterocycles. The first kappa shape index (κ1) is 13.7. The molecule has 1 aliphatic heterocycles. The van der Waals surface area contributed by atoms with Gasteiger partial charge in [-0.15, -0.1) is 0 Å². The molecule has 2 atom stereocenters. The first-order valence-corrected chi connectivity index (χ1v) is 6.34. The molecule has 0 spiro atoms. The Morgan fingerprint density at radius 3 is 1.94 bits per heavy atom. The molecule has 1 rings (SSSR count). The lowest BCUT2D eigenvalue weighted by atomic mass is 9.82. The van der Waals surface area contributed by atoms with Gasteiger partial charge in [0.05, 0.1) is 0 Å². The van der Waals surface area contributed by atoms with Crippen LogP contribution in [0.25, 0.3) is 0 Å². The van der Waals surface area contributed by atoms with Gasteiger partial charge >= 0.3 is 0 Å². The van der Waals surface area contributed by atoms with Crippen LogP contribution in [0.4, 0.5) is 0 Å². The molecular formula is C14H27NO. The number of likely N-dealkylation sites (tertiary alicyclic amines) is 1. The van der Waals surface area contributed by atoms with Crippen LogP contribution in [-0.4, -0.2) is 28.8 Å². The Hall–Kier alpha value is -0.370. The highest BCUT2D eigenvalue weighted by atomic mass is 16.1. The predicted molar refractivity (Wildman–Crippen MR) is 68.5 cm³/mol. The van der Waals surface area contributed by atoms with E-state index in [9.17, 15) is 4.79 Å². The molecule has 2 nitrogen and oxygen atoms in total. The monoisotopic (exact) mass is 225 g/mol. The Labute approximate surface area is 100 Å². The minimum atomic E-state index is -0.196. The highest BCUT2D eigenvalue weighted by molar-refractivity contribution is 5.86. The molecule has 0 bridgehead atoms. The SMILES string of the molecule is CC1CC(C(=O)C(C)(C)C)CN1C(C)(C)C. The summed E-state index contributed by atoms with van der Waals surface area (Å²) in [5.41, 5.74) is -0.0232. The number of carbonyl (C=O) groups is 1. The van der Waals surface area contributed by atoms with Crippen LogP contribution in [0.5, 0.6) is 0 Å². The highest BCUT2D eigenvalue weighted by Crippen LogP contribution is 2.34. The van der Waals surface area contributed by atoms with E-state index < -0.39 is 0 Å². The zero-order valence-electron chi connectivity index (χ0n) is 11.9. The van der Waals surface area contributed by atoms with Crippen LogP contribution in [-0.2, 0) is 4.79 Å². The number of carbonyl (C=O) groups excluding carboxylic acids is 1. The Morgan fingerprint density at radius 2 is 1.62 bits per heavy atom. The molecule has 94 valence electrons. The third-order valence-electron chi connectivity index (χ3n) is 3.55. The van der Waals surface area contributed by atoms with Crippen molar-refractivity contribution in [2.75, 3.05) is 6.54 Å². The summed E-state index contributed by atoms with van der Waals surface area (Å²) in [5, 5.41) is 0. The van der Waals surface area contributed by atoms with Gasteiger partial charge in [0, 0.05) is 29.5 Å². The molecule has 0 amide bonds. The van der Waals surface area contributed by atoms with Crippen molar-refractivity contribution in [3.8, 4) is 0 Å². The fraction of sp³-hybridized carbons (Fsp3) is 0.929. The van der Waals surface area contributed by atoms with Crippen molar-refractivity contribution in [3.05, 3.63) is 0 Å². The van der Waals surface area contributed by atoms with Gasteiger partial charge in [0.25, 0.3) is 0 Å². The van der Waals surface area contributed by atoms with E-state index in [1.54, 1.807) is 0 Å². The molecule has 2 unspecified atom stereocenters. The number of nitrogens with zero attached hydrogens (tertiary/aromatic N) is 1. The van der Waals surface area contributed by atoms with Crippen molar-refractivity contribution in [3.63, 3.8) is 0 Å². The number of hydrogen-bond acceptors (Lipinski definition) is 2. The minimum Gasteiger partial charge on any atom is -0.299 e. The molecular weight excluding hydrogens is 198 g/mol. The first-order valence-electron chi connectivity index (χ1n) is 6.34. The third-order valence-corrected chi connectivity index (χ3v) is 3.55. The molecule has 0 aromatic rings. The average Bonchev–Trinajstić information content (AvgIpc) is 2.43. The van der Waals surface area contributed by atoms with Crippen LogP contribution in [0.1, 0.15) is 54.9 Å². The quantitative estimate of drug-likeness (QED) is 0.683. The van der Waals surface area contributed by atoms with E-state index in [0.29, 0.717) is 11.8 Å². The van der Waals surface area contributed by atoms with Crippen LogP contribution >= 0.6 is 0 Å². The summed E-state index contributed by atoms with van der Waals surface area (Å²) < 4.78 is 0. The Kier molecular flexibility index (Phi) is 3.54. The van der Waals surface area contributed by atoms with E-state index in [2.05, 4.69) is 32.6 Å². The smallest absolute Gasteiger partial charge is 0.142 e. The van der Waals surface area contributed by atoms with Crippen LogP contribution < -0.4 is 0 Å². The van der Waals surface area contributed by atoms with Crippen molar-refractivity contribution < 1.29 is 4.79 Å². The number of rotatable bonds is 1. The van der Waals surface area contributed by atoms with E-state index in [4.69, 9.17) is 0 Å². The zero-order chi connectivity index (χ0) is 12.7. The van der Waals surface area contributed by atoms with Gasteiger partial charge in [-0.1, -0.05) is 20.8 Å². The van der Waals surface area contributed by atoms with Gasteiger partial charge in [-0.3, -0.25) is 9.69 Å². The molecule has 1 heterocycles. The molecule has 0 saturated carbocycles. The van der Waals surface area contributed by atoms with Crippen LogP contribution in [0.15, 0.2) is 0 Å². The largest absolute Gasteiger partial charge is 0.299 e. The average molecular weight is 225 g/mol. The first-order chi connectivity index (χ1) is 7.03. The van der Waals surface area contributed by atoms with Crippen molar-refractivity contribution in [1.29, 1.82) is 0 Å². The number of hydrogen-bond donors (Lipinski definition) is 0. The van der Waals surface area contributed by atoms with Gasteiger partial charge in [-0.2, -0.15) is 0 Å². The third kappa shape index (κ3) is 2.85. The van der Waals surface area contributed by atoms with E-state index in [-0.39, 0.29) is 16.9 Å². The molecule has 1 aliphatic rings. The second-order valence-electron chi connectivity index (χ2n) is 7.22. The maximum atomic E-state index is 12.3. The topological polar surface area (TPSA) is 20.3 Å². The van der Waals surface area contributed by atoms with Crippen molar-refractivity contribution in [2.24, 2.45) is 11.3 Å². The molecule has 0 radical (unpaired) electrons. The summed E-state index contributed by atoms with van der Waals surface area (Å²) in [5.74, 6) is 0.653. The van der Waals surface area contributed by atoms with E-state index >= 15 is 0 Å². The molecule has 16 heavy (non-hydrogen) atoms. The maximum Gasteiger partial charge on any atom is 0.142 e. The molecule has 1 fully saturated rings. The van der Waals surface area contributed by atoms with Gasteiger partial charge in [0.15, 0.2) is 0 Å². The summed E-state index contributed by atoms with van der Waals surface area (Å²) in [7, 11) is 0. The van der Waals surface area contributed by atoms with Crippen LogP contribution in [0.3, 0.4) is 0 Å². The summed E-state index contributed by atoms with van der Waals surface area (Å²) in [6.45, 7) is 15.9. The van der Waals surface area contributed by atoms with Gasteiger partial charge in [-0.25, -0.2) is 0 Å². The second kappa shape index (κ2) is 4.14. The second-order valence-corrected chi connectivity index (χ2v) is 7.22. The lowest BCUT2D eigenvalue weighted by Gasteiger charge is -2.35. The molecule has 0 N–H and O–H groups in total. The van der Waals surface area contributed by atoms with E-state index in [1.165, 1.54) is 0 Å². The normalized spacial score (nSPS) is 28.4. The number of ketones is 1. The Morgan fingerprint density at radius 1 is 1.12 bits per heavy atom. The van der Waals surface area contributed by atoms with Gasteiger partial charge in [-0.05, 0) is 34.1 Å². The van der Waals surface area contributed by atoms with Crippen molar-refractivity contribution in [1.82, 2.24) is 4.90 Å². The standard InChI is InChI=1S/C14H27NO/c1-10-8-11(12(16)13(2,3)4)9-15(10)14(5,6)7/h10-11H,8-9H2,1-7H3. The van der Waals surface area contributed by atoms with Crippen molar-refractivity contribution >= 4 is 5.78 Å². The fourth-order valence-electron chi connectivity index (χ4n) is 2.77. The van der Waals surface area contributed by atoms with Gasteiger partial charge in [0.2, 0.25) is 0 Å². The molecule has 0 aromatic carbocycles. The summed E-state index contributed by atoms with van der Waals surface area (Å²) in [6, 6.07) is 0.524. The Balaban J connectivity index is 2.75. The highest BCUT2D eigenvalue weighted by Gasteiger charge is 2.41. The molecule has 0 aliphatic carbocycles. The zero-order valence-corrected chi connectivity index (χ0v) is 11.9. The summed E-state index contributed by atoms with van der Waals surface area (Å²) >= 11 is 0. The van der Waals surface area contributed by atoms with E-state index in [0.717, 1.165) is 13.0 Å².